The van der Waals surface area contributed by atoms with Crippen LogP contribution >= 0.6 is 11.8 Å². The van der Waals surface area contributed by atoms with E-state index in [-0.39, 0.29) is 23.9 Å². The first kappa shape index (κ1) is 16.3. The van der Waals surface area contributed by atoms with E-state index in [4.69, 9.17) is 0 Å². The fourth-order valence-corrected chi connectivity index (χ4v) is 4.05. The average molecular weight is 332 g/mol. The minimum Gasteiger partial charge on any atom is -0.339 e. The van der Waals surface area contributed by atoms with Crippen LogP contribution < -0.4 is 0 Å². The van der Waals surface area contributed by atoms with Gasteiger partial charge < -0.3 is 4.90 Å². The van der Waals surface area contributed by atoms with Crippen LogP contribution in [0.5, 0.6) is 0 Å². The highest BCUT2D eigenvalue weighted by atomic mass is 32.2. The minimum atomic E-state index is -3.70. The van der Waals surface area contributed by atoms with Crippen molar-refractivity contribution < 1.29 is 17.6 Å². The van der Waals surface area contributed by atoms with Crippen molar-refractivity contribution in [1.82, 2.24) is 9.21 Å². The Balaban J connectivity index is 2.06. The molecule has 0 spiro atoms. The summed E-state index contributed by atoms with van der Waals surface area (Å²) >= 11 is 1.44. The number of carbonyl (C=O) groups is 1. The van der Waals surface area contributed by atoms with Crippen molar-refractivity contribution in [2.75, 3.05) is 38.2 Å². The van der Waals surface area contributed by atoms with E-state index in [9.17, 15) is 17.6 Å². The van der Waals surface area contributed by atoms with Gasteiger partial charge in [0.25, 0.3) is 0 Å². The van der Waals surface area contributed by atoms with E-state index in [0.717, 1.165) is 6.07 Å². The van der Waals surface area contributed by atoms with Crippen molar-refractivity contribution in [3.05, 3.63) is 30.1 Å². The van der Waals surface area contributed by atoms with Crippen molar-refractivity contribution in [2.45, 2.75) is 4.90 Å². The molecule has 0 aromatic heterocycles. The fraction of sp³-hybridized carbons (Fsp3) is 0.462. The number of amides is 1. The Hall–Kier alpha value is -1.12. The van der Waals surface area contributed by atoms with Gasteiger partial charge in [-0.2, -0.15) is 16.1 Å². The Kier molecular flexibility index (Phi) is 5.23. The first-order valence-electron chi connectivity index (χ1n) is 6.47. The van der Waals surface area contributed by atoms with Crippen molar-refractivity contribution in [3.8, 4) is 0 Å². The number of nitrogens with zero attached hydrogens (tertiary/aromatic N) is 2. The Morgan fingerprint density at radius 2 is 1.95 bits per heavy atom. The fourth-order valence-electron chi connectivity index (χ4n) is 2.17. The lowest BCUT2D eigenvalue weighted by Gasteiger charge is -2.34. The zero-order valence-corrected chi connectivity index (χ0v) is 13.3. The van der Waals surface area contributed by atoms with Gasteiger partial charge in [0.2, 0.25) is 15.9 Å². The molecule has 2 rings (SSSR count). The Morgan fingerprint density at radius 3 is 2.52 bits per heavy atom. The van der Waals surface area contributed by atoms with Crippen LogP contribution in [-0.4, -0.2) is 61.7 Å². The number of halogens is 1. The minimum absolute atomic E-state index is 0.0188. The number of hydrogen-bond donors (Lipinski definition) is 0. The predicted octanol–water partition coefficient (Wildman–Crippen LogP) is 1.02. The van der Waals surface area contributed by atoms with Crippen LogP contribution in [0, 0.1) is 5.82 Å². The summed E-state index contributed by atoms with van der Waals surface area (Å²) in [5, 5.41) is 0. The van der Waals surface area contributed by atoms with Gasteiger partial charge in [-0.05, 0) is 24.5 Å². The molecule has 0 saturated carbocycles. The number of rotatable bonds is 4. The van der Waals surface area contributed by atoms with Crippen LogP contribution in [0.4, 0.5) is 4.39 Å². The highest BCUT2D eigenvalue weighted by Crippen LogP contribution is 2.18. The maximum Gasteiger partial charge on any atom is 0.243 e. The molecule has 5 nitrogen and oxygen atoms in total. The molecule has 0 unspecified atom stereocenters. The van der Waals surface area contributed by atoms with Gasteiger partial charge in [-0.3, -0.25) is 4.79 Å². The third kappa shape index (κ3) is 3.75. The van der Waals surface area contributed by atoms with Crippen LogP contribution in [0.15, 0.2) is 29.2 Å². The molecule has 0 atom stereocenters. The summed E-state index contributed by atoms with van der Waals surface area (Å²) in [5.41, 5.74) is 0. The summed E-state index contributed by atoms with van der Waals surface area (Å²) in [4.78, 5) is 13.4. The molecule has 1 saturated heterocycles. The molecule has 8 heteroatoms. The van der Waals surface area contributed by atoms with Crippen LogP contribution in [0.25, 0.3) is 0 Å². The van der Waals surface area contributed by atoms with Crippen LogP contribution in [-0.2, 0) is 14.8 Å². The number of carbonyl (C=O) groups excluding carboxylic acids is 1. The topological polar surface area (TPSA) is 57.7 Å². The number of hydrogen-bond acceptors (Lipinski definition) is 4. The summed E-state index contributed by atoms with van der Waals surface area (Å²) in [7, 11) is -3.70. The number of benzene rings is 1. The van der Waals surface area contributed by atoms with Gasteiger partial charge in [0.05, 0.1) is 10.6 Å². The monoisotopic (exact) mass is 332 g/mol. The van der Waals surface area contributed by atoms with E-state index < -0.39 is 15.8 Å². The second kappa shape index (κ2) is 6.76. The highest BCUT2D eigenvalue weighted by Gasteiger charge is 2.30. The smallest absolute Gasteiger partial charge is 0.243 e. The van der Waals surface area contributed by atoms with Crippen LogP contribution in [0.1, 0.15) is 0 Å². The van der Waals surface area contributed by atoms with E-state index >= 15 is 0 Å². The number of thioether (sulfide) groups is 1. The van der Waals surface area contributed by atoms with Gasteiger partial charge in [0.1, 0.15) is 5.82 Å². The molecule has 21 heavy (non-hydrogen) atoms. The molecular weight excluding hydrogens is 315 g/mol. The van der Waals surface area contributed by atoms with Crippen molar-refractivity contribution in [3.63, 3.8) is 0 Å². The third-order valence-corrected chi connectivity index (χ3v) is 5.72. The molecule has 116 valence electrons. The molecule has 1 fully saturated rings. The lowest BCUT2D eigenvalue weighted by molar-refractivity contribution is -0.129. The summed E-state index contributed by atoms with van der Waals surface area (Å²) < 4.78 is 39.3. The van der Waals surface area contributed by atoms with Crippen LogP contribution in [0.3, 0.4) is 0 Å². The second-order valence-electron chi connectivity index (χ2n) is 4.68. The van der Waals surface area contributed by atoms with Gasteiger partial charge in [-0.15, -0.1) is 0 Å². The molecule has 1 aromatic carbocycles. The SMILES string of the molecule is CSCC(=O)N1CCN(S(=O)(=O)c2cccc(F)c2)CC1. The summed E-state index contributed by atoms with van der Waals surface area (Å²) in [6, 6.07) is 4.97. The van der Waals surface area contributed by atoms with E-state index in [0.29, 0.717) is 18.8 Å². The van der Waals surface area contributed by atoms with E-state index in [1.165, 1.54) is 34.3 Å². The maximum absolute atomic E-state index is 13.2. The maximum atomic E-state index is 13.2. The molecule has 1 aliphatic heterocycles. The molecule has 1 amide bonds. The quantitative estimate of drug-likeness (QED) is 0.826. The average Bonchev–Trinajstić information content (AvgIpc) is 2.47. The van der Waals surface area contributed by atoms with Gasteiger partial charge in [0, 0.05) is 26.2 Å². The molecule has 1 aromatic rings. The molecule has 1 heterocycles. The van der Waals surface area contributed by atoms with Gasteiger partial charge >= 0.3 is 0 Å². The summed E-state index contributed by atoms with van der Waals surface area (Å²) in [5.74, 6) is -0.161. The molecule has 0 N–H and O–H groups in total. The van der Waals surface area contributed by atoms with E-state index in [1.54, 1.807) is 4.90 Å². The summed E-state index contributed by atoms with van der Waals surface area (Å²) in [6.45, 7) is 1.21. The van der Waals surface area contributed by atoms with Crippen molar-refractivity contribution in [1.29, 1.82) is 0 Å². The summed E-state index contributed by atoms with van der Waals surface area (Å²) in [6.07, 6.45) is 1.85. The first-order chi connectivity index (χ1) is 9.95. The van der Waals surface area contributed by atoms with Crippen molar-refractivity contribution >= 4 is 27.7 Å². The van der Waals surface area contributed by atoms with E-state index in [1.807, 2.05) is 6.26 Å². The number of piperazine rings is 1. The molecule has 0 bridgehead atoms. The second-order valence-corrected chi connectivity index (χ2v) is 7.48. The standard InChI is InChI=1S/C13H17FN2O3S2/c1-20-10-13(17)15-5-7-16(8-6-15)21(18,19)12-4-2-3-11(14)9-12/h2-4,9H,5-8,10H2,1H3. The molecular formula is C13H17FN2O3S2. The Morgan fingerprint density at radius 1 is 1.29 bits per heavy atom. The van der Waals surface area contributed by atoms with Gasteiger partial charge in [-0.25, -0.2) is 12.8 Å². The normalized spacial score (nSPS) is 17.0. The van der Waals surface area contributed by atoms with Gasteiger partial charge in [-0.1, -0.05) is 6.07 Å². The van der Waals surface area contributed by atoms with E-state index in [2.05, 4.69) is 0 Å². The molecule has 1 aliphatic rings. The third-order valence-electron chi connectivity index (χ3n) is 3.29. The number of sulfonamides is 1. The van der Waals surface area contributed by atoms with Crippen molar-refractivity contribution in [2.24, 2.45) is 0 Å². The molecule has 0 aliphatic carbocycles. The van der Waals surface area contributed by atoms with Gasteiger partial charge in [0.15, 0.2) is 0 Å². The first-order valence-corrected chi connectivity index (χ1v) is 9.31. The lowest BCUT2D eigenvalue weighted by Crippen LogP contribution is -2.50. The Labute approximate surface area is 128 Å². The zero-order chi connectivity index (χ0) is 15.5. The largest absolute Gasteiger partial charge is 0.339 e. The molecule has 0 radical (unpaired) electrons. The lowest BCUT2D eigenvalue weighted by atomic mass is 10.3. The highest BCUT2D eigenvalue weighted by molar-refractivity contribution is 7.99. The van der Waals surface area contributed by atoms with Crippen LogP contribution in [0.2, 0.25) is 0 Å². The predicted molar refractivity (Wildman–Crippen MR) is 80.1 cm³/mol. The zero-order valence-electron chi connectivity index (χ0n) is 11.7. The Bertz CT molecular complexity index is 614.